The number of hydrogen-bond donors (Lipinski definition) is 0. The number of rotatable bonds is 8. The number of anilines is 1. The molecular weight excluding hydrogens is 497 g/mol. The highest BCUT2D eigenvalue weighted by atomic mass is 35.5. The van der Waals surface area contributed by atoms with Crippen molar-refractivity contribution in [2.75, 3.05) is 30.5 Å². The van der Waals surface area contributed by atoms with Crippen LogP contribution in [0, 0.1) is 5.82 Å². The van der Waals surface area contributed by atoms with E-state index in [0.717, 1.165) is 43.6 Å². The summed E-state index contributed by atoms with van der Waals surface area (Å²) in [6, 6.07) is 9.12. The van der Waals surface area contributed by atoms with Crippen LogP contribution in [0.2, 0.25) is 5.02 Å². The molecule has 0 N–H and O–H groups in total. The number of pyridine rings is 1. The van der Waals surface area contributed by atoms with Gasteiger partial charge in [0.05, 0.1) is 28.7 Å². The molecule has 35 heavy (non-hydrogen) atoms. The van der Waals surface area contributed by atoms with Crippen molar-refractivity contribution in [2.45, 2.75) is 44.7 Å². The van der Waals surface area contributed by atoms with Crippen molar-refractivity contribution >= 4 is 40.8 Å². The molecule has 1 aliphatic carbocycles. The molecule has 6 nitrogen and oxygen atoms in total. The smallest absolute Gasteiger partial charge is 0.278 e. The average molecular weight is 523 g/mol. The van der Waals surface area contributed by atoms with Gasteiger partial charge in [0.25, 0.3) is 6.43 Å². The predicted molar refractivity (Wildman–Crippen MR) is 135 cm³/mol. The van der Waals surface area contributed by atoms with Gasteiger partial charge in [0, 0.05) is 62.5 Å². The lowest BCUT2D eigenvalue weighted by molar-refractivity contribution is 0.0919. The number of alkyl halides is 2. The molecule has 1 saturated carbocycles. The Kier molecular flexibility index (Phi) is 7.62. The van der Waals surface area contributed by atoms with Gasteiger partial charge in [0.15, 0.2) is 0 Å². The van der Waals surface area contributed by atoms with Crippen LogP contribution in [0.15, 0.2) is 46.7 Å². The zero-order valence-corrected chi connectivity index (χ0v) is 20.7. The van der Waals surface area contributed by atoms with Crippen molar-refractivity contribution in [3.05, 3.63) is 58.6 Å². The van der Waals surface area contributed by atoms with Crippen molar-refractivity contribution in [3.8, 4) is 0 Å². The van der Waals surface area contributed by atoms with Crippen LogP contribution in [0.3, 0.4) is 0 Å². The number of aromatic nitrogens is 1. The molecule has 5 rings (SSSR count). The van der Waals surface area contributed by atoms with Crippen LogP contribution < -0.4 is 4.31 Å². The molecule has 0 amide bonds. The van der Waals surface area contributed by atoms with Crippen LogP contribution >= 0.6 is 23.7 Å². The van der Waals surface area contributed by atoms with E-state index in [0.29, 0.717) is 17.8 Å². The maximum atomic E-state index is 13.8. The molecule has 3 heterocycles. The van der Waals surface area contributed by atoms with Gasteiger partial charge < -0.3 is 0 Å². The second kappa shape index (κ2) is 10.9. The summed E-state index contributed by atoms with van der Waals surface area (Å²) in [6.45, 7) is 4.40. The Bertz CT molecular complexity index is 1100. The molecule has 2 aliphatic heterocycles. The van der Waals surface area contributed by atoms with Crippen LogP contribution in [-0.4, -0.2) is 64.3 Å². The lowest BCUT2D eigenvalue weighted by Crippen LogP contribution is -2.51. The van der Waals surface area contributed by atoms with Gasteiger partial charge in [-0.2, -0.15) is 10.2 Å². The summed E-state index contributed by atoms with van der Waals surface area (Å²) >= 11 is 7.68. The number of piperazine rings is 1. The van der Waals surface area contributed by atoms with Crippen molar-refractivity contribution in [2.24, 2.45) is 10.2 Å². The minimum atomic E-state index is -2.60. The fourth-order valence-electron chi connectivity index (χ4n) is 4.33. The van der Waals surface area contributed by atoms with E-state index in [1.165, 1.54) is 25.3 Å². The summed E-state index contributed by atoms with van der Waals surface area (Å²) in [5, 5.41) is 7.52. The van der Waals surface area contributed by atoms with Gasteiger partial charge in [0.1, 0.15) is 11.5 Å². The first-order chi connectivity index (χ1) is 17.0. The van der Waals surface area contributed by atoms with Crippen LogP contribution in [0.5, 0.6) is 0 Å². The van der Waals surface area contributed by atoms with Crippen molar-refractivity contribution in [1.82, 2.24) is 14.2 Å². The van der Waals surface area contributed by atoms with E-state index >= 15 is 0 Å². The molecule has 186 valence electrons. The Morgan fingerprint density at radius 2 is 1.89 bits per heavy atom. The minimum absolute atomic E-state index is 0.0293. The van der Waals surface area contributed by atoms with E-state index in [9.17, 15) is 13.2 Å². The first-order valence-electron chi connectivity index (χ1n) is 11.7. The lowest BCUT2D eigenvalue weighted by Gasteiger charge is -2.43. The number of benzene rings is 1. The van der Waals surface area contributed by atoms with Gasteiger partial charge >= 0.3 is 0 Å². The molecule has 0 bridgehead atoms. The lowest BCUT2D eigenvalue weighted by atomic mass is 9.91. The molecule has 3 aliphatic rings. The highest BCUT2D eigenvalue weighted by Gasteiger charge is 2.29. The van der Waals surface area contributed by atoms with Crippen molar-refractivity contribution in [3.63, 3.8) is 0 Å². The summed E-state index contributed by atoms with van der Waals surface area (Å²) in [7, 11) is 0. The molecule has 0 unspecified atom stereocenters. The van der Waals surface area contributed by atoms with Crippen LogP contribution in [-0.2, 0) is 6.54 Å². The SMILES string of the molecule is Fc1ccc(N(Cc2ccc(C3=NN=C(C(F)F)C3)cn2)SN2CCN(C3CCC3)CC2)cc1Cl. The minimum Gasteiger partial charge on any atom is -0.298 e. The highest BCUT2D eigenvalue weighted by molar-refractivity contribution is 7.98. The third-order valence-electron chi connectivity index (χ3n) is 6.63. The molecule has 2 fully saturated rings. The summed E-state index contributed by atoms with van der Waals surface area (Å²) in [5.41, 5.74) is 2.49. The summed E-state index contributed by atoms with van der Waals surface area (Å²) in [5.74, 6) is -0.459. The molecule has 1 saturated heterocycles. The third-order valence-corrected chi connectivity index (χ3v) is 8.06. The Morgan fingerprint density at radius 1 is 1.09 bits per heavy atom. The Balaban J connectivity index is 1.26. The molecule has 2 aromatic rings. The molecule has 0 atom stereocenters. The third kappa shape index (κ3) is 5.82. The standard InChI is InChI=1S/C24H26ClF3N6S/c25-20-12-19(6-7-21(20)26)34(35-33-10-8-32(9-11-33)18-2-1-3-18)15-17-5-4-16(14-29-17)22-13-23(24(27)28)31-30-22/h4-7,12,14,18,24H,1-3,8-11,13,15H2. The fraction of sp³-hybridized carbons (Fsp3) is 0.458. The first-order valence-corrected chi connectivity index (χ1v) is 12.8. The molecule has 11 heteroatoms. The topological polar surface area (TPSA) is 47.3 Å². The monoisotopic (exact) mass is 522 g/mol. The quantitative estimate of drug-likeness (QED) is 0.433. The second-order valence-corrected chi connectivity index (χ2v) is 10.4. The average Bonchev–Trinajstić information content (AvgIpc) is 3.32. The van der Waals surface area contributed by atoms with Gasteiger partial charge in [-0.3, -0.25) is 14.2 Å². The maximum absolute atomic E-state index is 13.8. The predicted octanol–water partition coefficient (Wildman–Crippen LogP) is 5.43. The van der Waals surface area contributed by atoms with Gasteiger partial charge in [-0.05, 0) is 43.2 Å². The Labute approximate surface area is 212 Å². The Hall–Kier alpha value is -2.14. The van der Waals surface area contributed by atoms with Crippen LogP contribution in [0.4, 0.5) is 18.9 Å². The number of hydrogen-bond acceptors (Lipinski definition) is 7. The van der Waals surface area contributed by atoms with Crippen molar-refractivity contribution < 1.29 is 13.2 Å². The molecule has 1 aromatic heterocycles. The van der Waals surface area contributed by atoms with Crippen molar-refractivity contribution in [1.29, 1.82) is 0 Å². The zero-order chi connectivity index (χ0) is 24.4. The van der Waals surface area contributed by atoms with E-state index in [1.807, 2.05) is 12.1 Å². The van der Waals surface area contributed by atoms with Gasteiger partial charge in [-0.1, -0.05) is 18.0 Å². The fourth-order valence-corrected chi connectivity index (χ4v) is 5.51. The molecular formula is C24H26ClF3N6S. The van der Waals surface area contributed by atoms with E-state index in [1.54, 1.807) is 30.5 Å². The second-order valence-electron chi connectivity index (χ2n) is 8.92. The van der Waals surface area contributed by atoms with Gasteiger partial charge in [-0.15, -0.1) is 0 Å². The molecule has 1 aromatic carbocycles. The van der Waals surface area contributed by atoms with E-state index in [4.69, 9.17) is 11.6 Å². The summed E-state index contributed by atoms with van der Waals surface area (Å²) in [4.78, 5) is 7.12. The van der Waals surface area contributed by atoms with Crippen LogP contribution in [0.1, 0.15) is 36.9 Å². The summed E-state index contributed by atoms with van der Waals surface area (Å²) in [6.07, 6.45) is 3.00. The number of nitrogens with zero attached hydrogens (tertiary/aromatic N) is 6. The van der Waals surface area contributed by atoms with Gasteiger partial charge in [-0.25, -0.2) is 17.5 Å². The van der Waals surface area contributed by atoms with E-state index < -0.39 is 12.2 Å². The normalized spacial score (nSPS) is 19.6. The maximum Gasteiger partial charge on any atom is 0.278 e. The highest BCUT2D eigenvalue weighted by Crippen LogP contribution is 2.32. The molecule has 0 radical (unpaired) electrons. The van der Waals surface area contributed by atoms with Gasteiger partial charge in [0.2, 0.25) is 0 Å². The van der Waals surface area contributed by atoms with E-state index in [2.05, 4.69) is 28.7 Å². The summed E-state index contributed by atoms with van der Waals surface area (Å²) < 4.78 is 43.9. The molecule has 0 spiro atoms. The van der Waals surface area contributed by atoms with Crippen LogP contribution in [0.25, 0.3) is 0 Å². The number of halogens is 4. The Morgan fingerprint density at radius 3 is 2.49 bits per heavy atom. The first kappa shape index (κ1) is 24.5. The zero-order valence-electron chi connectivity index (χ0n) is 19.1. The van der Waals surface area contributed by atoms with E-state index in [-0.39, 0.29) is 17.2 Å². The largest absolute Gasteiger partial charge is 0.298 e.